The van der Waals surface area contributed by atoms with Crippen LogP contribution in [0.25, 0.3) is 0 Å². The van der Waals surface area contributed by atoms with Gasteiger partial charge in [0.1, 0.15) is 11.9 Å². The van der Waals surface area contributed by atoms with Crippen LogP contribution in [0.1, 0.15) is 31.4 Å². The molecule has 2 rings (SSSR count). The van der Waals surface area contributed by atoms with Crippen LogP contribution in [0, 0.1) is 5.82 Å². The first-order valence-corrected chi connectivity index (χ1v) is 6.68. The Morgan fingerprint density at radius 1 is 1.59 bits per heavy atom. The first-order valence-electron chi connectivity index (χ1n) is 5.89. The molecule has 1 aromatic carbocycles. The van der Waals surface area contributed by atoms with Crippen molar-refractivity contribution >= 4 is 15.9 Å². The molecule has 0 N–H and O–H groups in total. The van der Waals surface area contributed by atoms with Gasteiger partial charge in [-0.2, -0.15) is 0 Å². The van der Waals surface area contributed by atoms with Crippen molar-refractivity contribution in [3.63, 3.8) is 0 Å². The maximum absolute atomic E-state index is 13.5. The van der Waals surface area contributed by atoms with Gasteiger partial charge in [0.25, 0.3) is 0 Å². The van der Waals surface area contributed by atoms with Gasteiger partial charge in [-0.15, -0.1) is 0 Å². The maximum atomic E-state index is 13.5. The lowest BCUT2D eigenvalue weighted by atomic mass is 10.0. The van der Waals surface area contributed by atoms with Crippen LogP contribution >= 0.6 is 15.9 Å². The van der Waals surface area contributed by atoms with E-state index >= 15 is 0 Å². The Hall–Kier alpha value is -0.450. The largest absolute Gasteiger partial charge is 0.371 e. The molecule has 0 aromatic heterocycles. The molecule has 4 heteroatoms. The van der Waals surface area contributed by atoms with E-state index in [4.69, 9.17) is 9.47 Å². The zero-order chi connectivity index (χ0) is 12.3. The monoisotopic (exact) mass is 302 g/mol. The summed E-state index contributed by atoms with van der Waals surface area (Å²) >= 11 is 3.29. The molecule has 1 heterocycles. The van der Waals surface area contributed by atoms with E-state index in [-0.39, 0.29) is 18.0 Å². The van der Waals surface area contributed by atoms with Crippen LogP contribution in [0.2, 0.25) is 0 Å². The third-order valence-corrected chi connectivity index (χ3v) is 3.60. The van der Waals surface area contributed by atoms with Crippen LogP contribution in [0.4, 0.5) is 4.39 Å². The normalized spacial score (nSPS) is 20.3. The van der Waals surface area contributed by atoms with Gasteiger partial charge in [0.2, 0.25) is 0 Å². The fourth-order valence-electron chi connectivity index (χ4n) is 1.75. The quantitative estimate of drug-likeness (QED) is 0.745. The Morgan fingerprint density at radius 3 is 3.00 bits per heavy atom. The summed E-state index contributed by atoms with van der Waals surface area (Å²) in [6, 6.07) is 5.07. The highest BCUT2D eigenvalue weighted by Gasteiger charge is 2.25. The van der Waals surface area contributed by atoms with E-state index in [2.05, 4.69) is 22.9 Å². The van der Waals surface area contributed by atoms with E-state index in [1.54, 1.807) is 6.07 Å². The predicted octanol–water partition coefficient (Wildman–Crippen LogP) is 3.84. The number of halogens is 2. The van der Waals surface area contributed by atoms with Crippen LogP contribution in [-0.2, 0) is 9.47 Å². The predicted molar refractivity (Wildman–Crippen MR) is 67.4 cm³/mol. The molecule has 0 aliphatic carbocycles. The molecule has 1 unspecified atom stereocenters. The highest BCUT2D eigenvalue weighted by atomic mass is 79.9. The first kappa shape index (κ1) is 13.0. The molecule has 1 aliphatic heterocycles. The molecular formula is C13H16BrFO2. The molecule has 1 saturated heterocycles. The summed E-state index contributed by atoms with van der Waals surface area (Å²) in [5.41, 5.74) is 0.882. The van der Waals surface area contributed by atoms with Gasteiger partial charge >= 0.3 is 0 Å². The Balaban J connectivity index is 2.09. The zero-order valence-corrected chi connectivity index (χ0v) is 11.4. The molecule has 0 amide bonds. The van der Waals surface area contributed by atoms with Crippen LogP contribution < -0.4 is 0 Å². The minimum atomic E-state index is -0.241. The van der Waals surface area contributed by atoms with Crippen LogP contribution in [0.3, 0.4) is 0 Å². The summed E-state index contributed by atoms with van der Waals surface area (Å²) in [4.78, 5) is 0. The van der Waals surface area contributed by atoms with Gasteiger partial charge < -0.3 is 9.47 Å². The van der Waals surface area contributed by atoms with Crippen molar-refractivity contribution in [2.24, 2.45) is 0 Å². The zero-order valence-electron chi connectivity index (χ0n) is 9.79. The molecule has 94 valence electrons. The average Bonchev–Trinajstić information content (AvgIpc) is 3.12. The molecule has 2 atom stereocenters. The van der Waals surface area contributed by atoms with Crippen molar-refractivity contribution in [2.75, 3.05) is 13.2 Å². The Bertz CT molecular complexity index is 380. The maximum Gasteiger partial charge on any atom is 0.137 e. The van der Waals surface area contributed by atoms with E-state index in [9.17, 15) is 4.39 Å². The standard InChI is InChI=1S/C13H16BrFO2/c1-2-4-12(17-8-9-7-16-9)10-5-3-6-11(15)13(10)14/h3,5-6,9,12H,2,4,7-8H2,1H3/t9?,12-/m1/s1. The summed E-state index contributed by atoms with van der Waals surface area (Å²) < 4.78 is 24.9. The van der Waals surface area contributed by atoms with Crippen molar-refractivity contribution in [3.8, 4) is 0 Å². The van der Waals surface area contributed by atoms with E-state index < -0.39 is 0 Å². The molecule has 0 bridgehead atoms. The fourth-order valence-corrected chi connectivity index (χ4v) is 2.27. The van der Waals surface area contributed by atoms with Crippen LogP contribution in [0.5, 0.6) is 0 Å². The van der Waals surface area contributed by atoms with Gasteiger partial charge in [-0.05, 0) is 34.0 Å². The molecule has 0 spiro atoms. The van der Waals surface area contributed by atoms with E-state index in [1.165, 1.54) is 6.07 Å². The van der Waals surface area contributed by atoms with Gasteiger partial charge in [0.15, 0.2) is 0 Å². The van der Waals surface area contributed by atoms with Crippen molar-refractivity contribution in [2.45, 2.75) is 32.0 Å². The average molecular weight is 303 g/mol. The summed E-state index contributed by atoms with van der Waals surface area (Å²) in [5, 5.41) is 0. The highest BCUT2D eigenvalue weighted by Crippen LogP contribution is 2.31. The molecule has 17 heavy (non-hydrogen) atoms. The third-order valence-electron chi connectivity index (χ3n) is 2.76. The minimum absolute atomic E-state index is 0.0609. The van der Waals surface area contributed by atoms with E-state index in [0.29, 0.717) is 11.1 Å². The lowest BCUT2D eigenvalue weighted by molar-refractivity contribution is 0.0352. The summed E-state index contributed by atoms with van der Waals surface area (Å²) in [5.74, 6) is -0.241. The molecule has 0 radical (unpaired) electrons. The molecule has 2 nitrogen and oxygen atoms in total. The van der Waals surface area contributed by atoms with Gasteiger partial charge in [-0.1, -0.05) is 25.5 Å². The van der Waals surface area contributed by atoms with Crippen molar-refractivity contribution in [1.82, 2.24) is 0 Å². The Morgan fingerprint density at radius 2 is 2.35 bits per heavy atom. The van der Waals surface area contributed by atoms with Gasteiger partial charge in [-0.3, -0.25) is 0 Å². The summed E-state index contributed by atoms with van der Waals surface area (Å²) in [7, 11) is 0. The number of hydrogen-bond acceptors (Lipinski definition) is 2. The van der Waals surface area contributed by atoms with Gasteiger partial charge in [-0.25, -0.2) is 4.39 Å². The van der Waals surface area contributed by atoms with Crippen molar-refractivity contribution in [1.29, 1.82) is 0 Å². The second-order valence-electron chi connectivity index (χ2n) is 4.21. The molecule has 1 aliphatic rings. The van der Waals surface area contributed by atoms with E-state index in [1.807, 2.05) is 6.07 Å². The molecular weight excluding hydrogens is 287 g/mol. The fraction of sp³-hybridized carbons (Fsp3) is 0.538. The first-order chi connectivity index (χ1) is 8.22. The van der Waals surface area contributed by atoms with Crippen molar-refractivity contribution in [3.05, 3.63) is 34.1 Å². The van der Waals surface area contributed by atoms with E-state index in [0.717, 1.165) is 25.0 Å². The number of hydrogen-bond donors (Lipinski definition) is 0. The highest BCUT2D eigenvalue weighted by molar-refractivity contribution is 9.10. The van der Waals surface area contributed by atoms with Crippen LogP contribution in [-0.4, -0.2) is 19.3 Å². The molecule has 1 fully saturated rings. The van der Waals surface area contributed by atoms with Gasteiger partial charge in [0.05, 0.1) is 23.8 Å². The lowest BCUT2D eigenvalue weighted by Crippen LogP contribution is -2.10. The Kier molecular flexibility index (Phi) is 4.54. The second kappa shape index (κ2) is 5.94. The number of benzene rings is 1. The SMILES string of the molecule is CCC[C@@H](OCC1CO1)c1cccc(F)c1Br. The van der Waals surface area contributed by atoms with Crippen LogP contribution in [0.15, 0.2) is 22.7 Å². The number of ether oxygens (including phenoxy) is 2. The summed E-state index contributed by atoms with van der Waals surface area (Å²) in [6.07, 6.45) is 2.06. The van der Waals surface area contributed by atoms with Gasteiger partial charge in [0, 0.05) is 0 Å². The number of epoxide rings is 1. The molecule has 0 saturated carbocycles. The Labute approximate surface area is 109 Å². The molecule has 1 aromatic rings. The topological polar surface area (TPSA) is 21.8 Å². The minimum Gasteiger partial charge on any atom is -0.371 e. The smallest absolute Gasteiger partial charge is 0.137 e. The second-order valence-corrected chi connectivity index (χ2v) is 5.00. The number of rotatable bonds is 6. The summed E-state index contributed by atoms with van der Waals surface area (Å²) in [6.45, 7) is 3.47. The van der Waals surface area contributed by atoms with Crippen molar-refractivity contribution < 1.29 is 13.9 Å². The lowest BCUT2D eigenvalue weighted by Gasteiger charge is -2.18. The third kappa shape index (κ3) is 3.50.